The summed E-state index contributed by atoms with van der Waals surface area (Å²) in [6.07, 6.45) is 55.6. The second-order valence-electron chi connectivity index (χ2n) is 17.1. The summed E-state index contributed by atoms with van der Waals surface area (Å²) in [6.45, 7) is 6.57. The zero-order chi connectivity index (χ0) is 43.0. The lowest BCUT2D eigenvalue weighted by Gasteiger charge is -2.18. The average molecular weight is 829 g/mol. The molecular weight excluding hydrogens is 733 g/mol. The van der Waals surface area contributed by atoms with E-state index in [0.29, 0.717) is 19.3 Å². The van der Waals surface area contributed by atoms with Gasteiger partial charge in [0.2, 0.25) is 0 Å². The summed E-state index contributed by atoms with van der Waals surface area (Å²) in [5.41, 5.74) is 0. The van der Waals surface area contributed by atoms with Crippen LogP contribution in [0.1, 0.15) is 265 Å². The van der Waals surface area contributed by atoms with Crippen molar-refractivity contribution in [2.45, 2.75) is 271 Å². The first-order valence-electron chi connectivity index (χ1n) is 25.5. The summed E-state index contributed by atoms with van der Waals surface area (Å²) in [7, 11) is 0. The lowest BCUT2D eigenvalue weighted by molar-refractivity contribution is -0.167. The molecule has 0 aliphatic carbocycles. The number of hydrogen-bond donors (Lipinski definition) is 0. The highest BCUT2D eigenvalue weighted by atomic mass is 16.6. The highest BCUT2D eigenvalue weighted by Gasteiger charge is 2.19. The molecule has 0 bridgehead atoms. The fourth-order valence-corrected chi connectivity index (χ4v) is 7.18. The number of carbonyl (C=O) groups excluding carboxylic acids is 3. The van der Waals surface area contributed by atoms with E-state index in [1.165, 1.54) is 141 Å². The van der Waals surface area contributed by atoms with Crippen LogP contribution in [0.3, 0.4) is 0 Å². The Morgan fingerprint density at radius 2 is 0.576 bits per heavy atom. The van der Waals surface area contributed by atoms with E-state index in [9.17, 15) is 14.4 Å². The molecular formula is C53H96O6. The van der Waals surface area contributed by atoms with Gasteiger partial charge in [-0.05, 0) is 89.9 Å². The maximum Gasteiger partial charge on any atom is 0.306 e. The molecule has 0 aromatic heterocycles. The minimum absolute atomic E-state index is 0.0813. The summed E-state index contributed by atoms with van der Waals surface area (Å²) in [5.74, 6) is -0.902. The molecule has 0 heterocycles. The molecule has 0 N–H and O–H groups in total. The van der Waals surface area contributed by atoms with Crippen LogP contribution in [-0.4, -0.2) is 37.2 Å². The number of hydrogen-bond acceptors (Lipinski definition) is 6. The van der Waals surface area contributed by atoms with E-state index in [-0.39, 0.29) is 31.1 Å². The number of carbonyl (C=O) groups is 3. The predicted octanol–water partition coefficient (Wildman–Crippen LogP) is 16.5. The van der Waals surface area contributed by atoms with Gasteiger partial charge in [-0.25, -0.2) is 0 Å². The maximum atomic E-state index is 12.7. The molecule has 1 unspecified atom stereocenters. The molecule has 0 amide bonds. The Kier molecular flexibility index (Phi) is 46.4. The van der Waals surface area contributed by atoms with E-state index in [1.54, 1.807) is 0 Å². The molecule has 0 aliphatic heterocycles. The molecule has 0 aromatic carbocycles. The summed E-state index contributed by atoms with van der Waals surface area (Å²) in [6, 6.07) is 0. The van der Waals surface area contributed by atoms with Crippen LogP contribution >= 0.6 is 0 Å². The quantitative estimate of drug-likeness (QED) is 0.0263. The van der Waals surface area contributed by atoms with E-state index in [1.807, 2.05) is 0 Å². The summed E-state index contributed by atoms with van der Waals surface area (Å²) in [4.78, 5) is 37.9. The van der Waals surface area contributed by atoms with E-state index < -0.39 is 6.10 Å². The van der Waals surface area contributed by atoms with Gasteiger partial charge in [-0.3, -0.25) is 14.4 Å². The van der Waals surface area contributed by atoms with Crippen molar-refractivity contribution in [3.05, 3.63) is 36.5 Å². The smallest absolute Gasteiger partial charge is 0.306 e. The highest BCUT2D eigenvalue weighted by Crippen LogP contribution is 2.14. The maximum absolute atomic E-state index is 12.7. The van der Waals surface area contributed by atoms with E-state index in [2.05, 4.69) is 57.2 Å². The monoisotopic (exact) mass is 829 g/mol. The van der Waals surface area contributed by atoms with Gasteiger partial charge < -0.3 is 14.2 Å². The minimum Gasteiger partial charge on any atom is -0.462 e. The van der Waals surface area contributed by atoms with E-state index in [0.717, 1.165) is 83.5 Å². The van der Waals surface area contributed by atoms with Crippen LogP contribution in [0.25, 0.3) is 0 Å². The van der Waals surface area contributed by atoms with Gasteiger partial charge >= 0.3 is 17.9 Å². The predicted molar refractivity (Wildman–Crippen MR) is 252 cm³/mol. The summed E-state index contributed by atoms with van der Waals surface area (Å²) in [5, 5.41) is 0. The van der Waals surface area contributed by atoms with Crippen LogP contribution in [0.2, 0.25) is 0 Å². The molecule has 0 aliphatic rings. The second-order valence-corrected chi connectivity index (χ2v) is 17.1. The van der Waals surface area contributed by atoms with Crippen molar-refractivity contribution in [2.24, 2.45) is 0 Å². The molecule has 6 nitrogen and oxygen atoms in total. The number of rotatable bonds is 46. The standard InChI is InChI=1S/C53H96O6/c1-4-7-10-13-16-19-22-24-25-26-27-28-29-32-34-37-40-43-46-52(55)58-49-50(48-57-51(54)45-42-39-36-33-30-21-18-15-12-9-6-3)59-53(56)47-44-41-38-35-31-23-20-17-14-11-8-5-2/h15,17-18,20,27-28,50H,4-14,16,19,21-26,29-49H2,1-3H3/b18-15-,20-17-,28-27-. The molecule has 0 fully saturated rings. The van der Waals surface area contributed by atoms with Crippen LogP contribution in [0.4, 0.5) is 0 Å². The molecule has 0 radical (unpaired) electrons. The normalized spacial score (nSPS) is 12.3. The molecule has 0 rings (SSSR count). The second kappa shape index (κ2) is 48.3. The van der Waals surface area contributed by atoms with Gasteiger partial charge in [0, 0.05) is 19.3 Å². The number of allylic oxidation sites excluding steroid dienone is 6. The lowest BCUT2D eigenvalue weighted by Crippen LogP contribution is -2.30. The van der Waals surface area contributed by atoms with E-state index in [4.69, 9.17) is 14.2 Å². The van der Waals surface area contributed by atoms with Crippen molar-refractivity contribution >= 4 is 17.9 Å². The van der Waals surface area contributed by atoms with Crippen LogP contribution in [0.5, 0.6) is 0 Å². The Bertz CT molecular complexity index is 1000. The SMILES string of the molecule is CCCC/C=C\CCCCCCCC(=O)OCC(COC(=O)CCCCCCC/C=C\CCCCCCCCCCC)OC(=O)CCCCCCC/C=C\CCCCC. The van der Waals surface area contributed by atoms with Gasteiger partial charge in [-0.2, -0.15) is 0 Å². The van der Waals surface area contributed by atoms with Crippen molar-refractivity contribution in [2.75, 3.05) is 13.2 Å². The third-order valence-electron chi connectivity index (χ3n) is 11.1. The summed E-state index contributed by atoms with van der Waals surface area (Å²) < 4.78 is 16.7. The summed E-state index contributed by atoms with van der Waals surface area (Å²) >= 11 is 0. The Morgan fingerprint density at radius 3 is 0.932 bits per heavy atom. The zero-order valence-corrected chi connectivity index (χ0v) is 39.3. The van der Waals surface area contributed by atoms with Crippen LogP contribution < -0.4 is 0 Å². The van der Waals surface area contributed by atoms with Gasteiger partial charge in [0.05, 0.1) is 0 Å². The first-order valence-corrected chi connectivity index (χ1v) is 25.5. The molecule has 0 saturated heterocycles. The third kappa shape index (κ3) is 46.5. The average Bonchev–Trinajstić information content (AvgIpc) is 3.23. The van der Waals surface area contributed by atoms with Crippen molar-refractivity contribution in [3.63, 3.8) is 0 Å². The van der Waals surface area contributed by atoms with Crippen molar-refractivity contribution in [1.82, 2.24) is 0 Å². The fourth-order valence-electron chi connectivity index (χ4n) is 7.18. The van der Waals surface area contributed by atoms with Gasteiger partial charge in [0.15, 0.2) is 6.10 Å². The van der Waals surface area contributed by atoms with Crippen LogP contribution in [0, 0.1) is 0 Å². The van der Waals surface area contributed by atoms with Crippen molar-refractivity contribution in [1.29, 1.82) is 0 Å². The number of ether oxygens (including phenoxy) is 3. The van der Waals surface area contributed by atoms with E-state index >= 15 is 0 Å². The highest BCUT2D eigenvalue weighted by molar-refractivity contribution is 5.71. The molecule has 0 aromatic rings. The Morgan fingerprint density at radius 1 is 0.322 bits per heavy atom. The topological polar surface area (TPSA) is 78.9 Å². The fraction of sp³-hybridized carbons (Fsp3) is 0.830. The third-order valence-corrected chi connectivity index (χ3v) is 11.1. The molecule has 0 saturated carbocycles. The molecule has 1 atom stereocenters. The lowest BCUT2D eigenvalue weighted by atomic mass is 10.1. The molecule has 0 spiro atoms. The first-order chi connectivity index (χ1) is 29.0. The minimum atomic E-state index is -0.779. The Balaban J connectivity index is 4.33. The van der Waals surface area contributed by atoms with Gasteiger partial charge in [0.1, 0.15) is 13.2 Å². The van der Waals surface area contributed by atoms with Crippen LogP contribution in [0.15, 0.2) is 36.5 Å². The largest absolute Gasteiger partial charge is 0.462 e. The number of esters is 3. The van der Waals surface area contributed by atoms with Gasteiger partial charge in [-0.1, -0.05) is 192 Å². The van der Waals surface area contributed by atoms with Crippen LogP contribution in [-0.2, 0) is 28.6 Å². The molecule has 59 heavy (non-hydrogen) atoms. The first kappa shape index (κ1) is 56.6. The van der Waals surface area contributed by atoms with Gasteiger partial charge in [0.25, 0.3) is 0 Å². The molecule has 6 heteroatoms. The number of unbranched alkanes of at least 4 members (excludes halogenated alkanes) is 29. The van der Waals surface area contributed by atoms with Crippen molar-refractivity contribution < 1.29 is 28.6 Å². The van der Waals surface area contributed by atoms with Gasteiger partial charge in [-0.15, -0.1) is 0 Å². The molecule has 344 valence electrons. The van der Waals surface area contributed by atoms with Crippen molar-refractivity contribution in [3.8, 4) is 0 Å². The Labute approximate surface area is 365 Å². The Hall–Kier alpha value is -2.37. The zero-order valence-electron chi connectivity index (χ0n) is 39.3.